The Labute approximate surface area is 123 Å². The van der Waals surface area contributed by atoms with Gasteiger partial charge in [-0.25, -0.2) is 9.97 Å². The van der Waals surface area contributed by atoms with Gasteiger partial charge in [0, 0.05) is 5.56 Å². The summed E-state index contributed by atoms with van der Waals surface area (Å²) in [6.45, 7) is 0. The van der Waals surface area contributed by atoms with Gasteiger partial charge in [0.2, 0.25) is 0 Å². The average molecular weight is 294 g/mol. The number of nitrogens with zero attached hydrogens (tertiary/aromatic N) is 2. The van der Waals surface area contributed by atoms with E-state index >= 15 is 0 Å². The van der Waals surface area contributed by atoms with Crippen LogP contribution in [0, 0.1) is 0 Å². The number of anilines is 1. The zero-order valence-electron chi connectivity index (χ0n) is 10.8. The molecule has 0 aliphatic carbocycles. The van der Waals surface area contributed by atoms with Gasteiger partial charge in [-0.3, -0.25) is 4.79 Å². The first kappa shape index (κ1) is 12.0. The number of thiazole rings is 1. The molecule has 4 rings (SSSR count). The summed E-state index contributed by atoms with van der Waals surface area (Å²) in [6, 6.07) is 13.0. The van der Waals surface area contributed by atoms with Crippen LogP contribution in [0.3, 0.4) is 0 Å². The quantitative estimate of drug-likeness (QED) is 0.565. The van der Waals surface area contributed by atoms with E-state index in [-0.39, 0.29) is 5.56 Å². The number of nitrogens with two attached hydrogens (primary N) is 1. The van der Waals surface area contributed by atoms with Gasteiger partial charge in [-0.05, 0) is 30.3 Å². The standard InChI is InChI=1S/C15H10N4OS/c16-15-18-11-6-5-8(7-12(11)21-15)13-17-10-4-2-1-3-9(10)14(20)19-13/h1-7H,(H2,16,18)(H,17,19,20). The van der Waals surface area contributed by atoms with Crippen molar-refractivity contribution < 1.29 is 0 Å². The number of aromatic nitrogens is 3. The number of benzene rings is 2. The van der Waals surface area contributed by atoms with Crippen LogP contribution in [0.4, 0.5) is 5.13 Å². The summed E-state index contributed by atoms with van der Waals surface area (Å²) in [7, 11) is 0. The molecule has 0 radical (unpaired) electrons. The van der Waals surface area contributed by atoms with Gasteiger partial charge in [-0.2, -0.15) is 0 Å². The van der Waals surface area contributed by atoms with Gasteiger partial charge in [-0.1, -0.05) is 23.5 Å². The Bertz CT molecular complexity index is 1030. The zero-order chi connectivity index (χ0) is 14.4. The molecule has 102 valence electrons. The molecule has 2 heterocycles. The number of nitrogens with one attached hydrogen (secondary N) is 1. The second-order valence-corrected chi connectivity index (χ2v) is 5.73. The molecular weight excluding hydrogens is 284 g/mol. The average Bonchev–Trinajstić information content (AvgIpc) is 2.86. The van der Waals surface area contributed by atoms with E-state index in [1.54, 1.807) is 6.07 Å². The normalized spacial score (nSPS) is 11.2. The molecule has 0 amide bonds. The molecule has 5 nitrogen and oxygen atoms in total. The van der Waals surface area contributed by atoms with Crippen LogP contribution in [-0.2, 0) is 0 Å². The Morgan fingerprint density at radius 3 is 2.81 bits per heavy atom. The largest absolute Gasteiger partial charge is 0.375 e. The third kappa shape index (κ3) is 1.96. The highest BCUT2D eigenvalue weighted by molar-refractivity contribution is 7.22. The Kier molecular flexibility index (Phi) is 2.52. The van der Waals surface area contributed by atoms with Gasteiger partial charge in [0.25, 0.3) is 5.56 Å². The predicted octanol–water partition coefficient (Wildman–Crippen LogP) is 2.78. The molecule has 3 N–H and O–H groups in total. The van der Waals surface area contributed by atoms with Crippen molar-refractivity contribution in [2.75, 3.05) is 5.73 Å². The predicted molar refractivity (Wildman–Crippen MR) is 85.4 cm³/mol. The summed E-state index contributed by atoms with van der Waals surface area (Å²) in [5.74, 6) is 0.549. The summed E-state index contributed by atoms with van der Waals surface area (Å²) >= 11 is 1.42. The molecule has 6 heteroatoms. The lowest BCUT2D eigenvalue weighted by molar-refractivity contribution is 1.18. The molecule has 0 unspecified atom stereocenters. The van der Waals surface area contributed by atoms with Crippen LogP contribution in [0.5, 0.6) is 0 Å². The summed E-state index contributed by atoms with van der Waals surface area (Å²) < 4.78 is 0.973. The highest BCUT2D eigenvalue weighted by Gasteiger charge is 2.08. The van der Waals surface area contributed by atoms with E-state index in [0.29, 0.717) is 21.9 Å². The van der Waals surface area contributed by atoms with Crippen molar-refractivity contribution in [2.45, 2.75) is 0 Å². The van der Waals surface area contributed by atoms with E-state index in [1.165, 1.54) is 11.3 Å². The Balaban J connectivity index is 1.97. The first-order valence-corrected chi connectivity index (χ1v) is 7.18. The minimum atomic E-state index is -0.139. The molecule has 0 bridgehead atoms. The van der Waals surface area contributed by atoms with E-state index in [9.17, 15) is 4.79 Å². The smallest absolute Gasteiger partial charge is 0.259 e. The van der Waals surface area contributed by atoms with Crippen LogP contribution in [0.25, 0.3) is 32.5 Å². The molecule has 0 saturated heterocycles. The lowest BCUT2D eigenvalue weighted by atomic mass is 10.2. The van der Waals surface area contributed by atoms with Crippen LogP contribution < -0.4 is 11.3 Å². The number of nitrogen functional groups attached to an aromatic ring is 1. The van der Waals surface area contributed by atoms with Crippen LogP contribution >= 0.6 is 11.3 Å². The maximum absolute atomic E-state index is 12.1. The van der Waals surface area contributed by atoms with Gasteiger partial charge in [0.15, 0.2) is 5.13 Å². The number of H-pyrrole nitrogens is 1. The minimum absolute atomic E-state index is 0.139. The van der Waals surface area contributed by atoms with Gasteiger partial charge in [0.1, 0.15) is 5.82 Å². The van der Waals surface area contributed by atoms with Crippen LogP contribution in [0.1, 0.15) is 0 Å². The number of hydrogen-bond acceptors (Lipinski definition) is 5. The molecule has 4 aromatic rings. The molecule has 0 atom stereocenters. The van der Waals surface area contributed by atoms with E-state index in [2.05, 4.69) is 15.0 Å². The van der Waals surface area contributed by atoms with Gasteiger partial charge in [-0.15, -0.1) is 0 Å². The van der Waals surface area contributed by atoms with Gasteiger partial charge < -0.3 is 10.7 Å². The first-order chi connectivity index (χ1) is 10.2. The van der Waals surface area contributed by atoms with Crippen molar-refractivity contribution in [1.82, 2.24) is 15.0 Å². The number of hydrogen-bond donors (Lipinski definition) is 2. The van der Waals surface area contributed by atoms with Crippen molar-refractivity contribution in [1.29, 1.82) is 0 Å². The zero-order valence-corrected chi connectivity index (χ0v) is 11.6. The lowest BCUT2D eigenvalue weighted by Gasteiger charge is -2.03. The Hall–Kier alpha value is -2.73. The molecule has 2 aromatic carbocycles. The van der Waals surface area contributed by atoms with E-state index < -0.39 is 0 Å². The maximum Gasteiger partial charge on any atom is 0.259 e. The van der Waals surface area contributed by atoms with E-state index in [4.69, 9.17) is 5.73 Å². The SMILES string of the molecule is Nc1nc2ccc(-c3nc4ccccc4c(=O)[nH]3)cc2s1. The highest BCUT2D eigenvalue weighted by Crippen LogP contribution is 2.27. The number of aromatic amines is 1. The molecule has 0 fully saturated rings. The lowest BCUT2D eigenvalue weighted by Crippen LogP contribution is -2.09. The fourth-order valence-electron chi connectivity index (χ4n) is 2.31. The fourth-order valence-corrected chi connectivity index (χ4v) is 3.09. The number of para-hydroxylation sites is 1. The molecule has 21 heavy (non-hydrogen) atoms. The number of fused-ring (bicyclic) bond motifs is 2. The van der Waals surface area contributed by atoms with Crippen molar-refractivity contribution in [3.05, 3.63) is 52.8 Å². The summed E-state index contributed by atoms with van der Waals surface area (Å²) in [5, 5.41) is 1.12. The Morgan fingerprint density at radius 2 is 1.90 bits per heavy atom. The molecule has 0 aliphatic heterocycles. The minimum Gasteiger partial charge on any atom is -0.375 e. The Morgan fingerprint density at radius 1 is 1.05 bits per heavy atom. The van der Waals surface area contributed by atoms with E-state index in [1.807, 2.05) is 36.4 Å². The molecule has 2 aromatic heterocycles. The van der Waals surface area contributed by atoms with Gasteiger partial charge in [0.05, 0.1) is 21.1 Å². The summed E-state index contributed by atoms with van der Waals surface area (Å²) in [4.78, 5) is 23.7. The van der Waals surface area contributed by atoms with E-state index in [0.717, 1.165) is 15.8 Å². The second kappa shape index (κ2) is 4.39. The molecule has 0 saturated carbocycles. The molecular formula is C15H10N4OS. The van der Waals surface area contributed by atoms with Crippen LogP contribution in [0.2, 0.25) is 0 Å². The fraction of sp³-hybridized carbons (Fsp3) is 0. The first-order valence-electron chi connectivity index (χ1n) is 6.36. The van der Waals surface area contributed by atoms with Gasteiger partial charge >= 0.3 is 0 Å². The topological polar surface area (TPSA) is 84.7 Å². The molecule has 0 aliphatic rings. The van der Waals surface area contributed by atoms with Crippen molar-refractivity contribution in [3.8, 4) is 11.4 Å². The highest BCUT2D eigenvalue weighted by atomic mass is 32.1. The van der Waals surface area contributed by atoms with Crippen LogP contribution in [-0.4, -0.2) is 15.0 Å². The van der Waals surface area contributed by atoms with Crippen molar-refractivity contribution in [2.24, 2.45) is 0 Å². The van der Waals surface area contributed by atoms with Crippen LogP contribution in [0.15, 0.2) is 47.3 Å². The molecule has 0 spiro atoms. The summed E-state index contributed by atoms with van der Waals surface area (Å²) in [5.41, 5.74) is 7.95. The number of rotatable bonds is 1. The maximum atomic E-state index is 12.1. The monoisotopic (exact) mass is 294 g/mol. The third-order valence-electron chi connectivity index (χ3n) is 3.29. The second-order valence-electron chi connectivity index (χ2n) is 4.67. The summed E-state index contributed by atoms with van der Waals surface area (Å²) in [6.07, 6.45) is 0. The van der Waals surface area contributed by atoms with Crippen molar-refractivity contribution >= 4 is 37.6 Å². The third-order valence-corrected chi connectivity index (χ3v) is 4.14. The van der Waals surface area contributed by atoms with Crippen molar-refractivity contribution in [3.63, 3.8) is 0 Å².